The molecule has 4 heteroatoms. The van der Waals surface area contributed by atoms with E-state index in [1.165, 1.54) is 0 Å². The Kier molecular flexibility index (Phi) is 1.73. The first-order valence-electron chi connectivity index (χ1n) is 3.35. The van der Waals surface area contributed by atoms with E-state index in [1.807, 2.05) is 34.9 Å². The van der Waals surface area contributed by atoms with Crippen LogP contribution in [0.1, 0.15) is 5.69 Å². The van der Waals surface area contributed by atoms with Gasteiger partial charge >= 0.3 is 0 Å². The van der Waals surface area contributed by atoms with Gasteiger partial charge in [-0.05, 0) is 34.7 Å². The molecule has 0 saturated heterocycles. The lowest BCUT2D eigenvalue weighted by atomic mass is 10.5. The van der Waals surface area contributed by atoms with Crippen molar-refractivity contribution in [1.29, 1.82) is 5.26 Å². The predicted octanol–water partition coefficient (Wildman–Crippen LogP) is 1.81. The maximum atomic E-state index is 8.69. The highest BCUT2D eigenvalue weighted by Gasteiger charge is 2.06. The molecule has 0 aliphatic rings. The van der Waals surface area contributed by atoms with Crippen LogP contribution in [0.25, 0.3) is 5.65 Å². The molecule has 0 saturated carbocycles. The van der Waals surface area contributed by atoms with Gasteiger partial charge in [-0.3, -0.25) is 4.40 Å². The molecule has 0 N–H and O–H groups in total. The third-order valence-electron chi connectivity index (χ3n) is 1.58. The van der Waals surface area contributed by atoms with Crippen molar-refractivity contribution in [2.24, 2.45) is 0 Å². The zero-order valence-electron chi connectivity index (χ0n) is 6.03. The highest BCUT2D eigenvalue weighted by atomic mass is 127. The Bertz CT molecular complexity index is 467. The van der Waals surface area contributed by atoms with E-state index in [4.69, 9.17) is 5.26 Å². The van der Waals surface area contributed by atoms with Crippen LogP contribution in [-0.2, 0) is 0 Å². The van der Waals surface area contributed by atoms with Crippen molar-refractivity contribution in [1.82, 2.24) is 9.38 Å². The molecular formula is C8H4IN3. The number of imidazole rings is 1. The summed E-state index contributed by atoms with van der Waals surface area (Å²) >= 11 is 2.11. The lowest BCUT2D eigenvalue weighted by Gasteiger charge is -1.90. The number of fused-ring (bicyclic) bond motifs is 1. The first-order valence-corrected chi connectivity index (χ1v) is 4.43. The largest absolute Gasteiger partial charge is 0.294 e. The van der Waals surface area contributed by atoms with Gasteiger partial charge in [0.25, 0.3) is 0 Å². The number of rotatable bonds is 0. The average Bonchev–Trinajstić information content (AvgIpc) is 2.44. The minimum Gasteiger partial charge on any atom is -0.294 e. The van der Waals surface area contributed by atoms with Crippen LogP contribution in [-0.4, -0.2) is 9.38 Å². The van der Waals surface area contributed by atoms with Crippen molar-refractivity contribution < 1.29 is 0 Å². The Balaban J connectivity index is 2.90. The quantitative estimate of drug-likeness (QED) is 0.684. The van der Waals surface area contributed by atoms with Crippen LogP contribution < -0.4 is 0 Å². The molecule has 0 fully saturated rings. The van der Waals surface area contributed by atoms with Gasteiger partial charge in [-0.2, -0.15) is 5.26 Å². The van der Waals surface area contributed by atoms with E-state index in [9.17, 15) is 0 Å². The highest BCUT2D eigenvalue weighted by molar-refractivity contribution is 14.1. The van der Waals surface area contributed by atoms with Gasteiger partial charge in [-0.1, -0.05) is 6.07 Å². The van der Waals surface area contributed by atoms with Crippen LogP contribution in [0.4, 0.5) is 0 Å². The zero-order valence-corrected chi connectivity index (χ0v) is 8.19. The number of aromatic nitrogens is 2. The van der Waals surface area contributed by atoms with E-state index in [1.54, 1.807) is 0 Å². The Morgan fingerprint density at radius 3 is 3.00 bits per heavy atom. The van der Waals surface area contributed by atoms with Gasteiger partial charge in [-0.25, -0.2) is 4.98 Å². The second kappa shape index (κ2) is 2.75. The summed E-state index contributed by atoms with van der Waals surface area (Å²) in [6, 6.07) is 7.74. The summed E-state index contributed by atoms with van der Waals surface area (Å²) in [7, 11) is 0. The Morgan fingerprint density at radius 1 is 1.50 bits per heavy atom. The van der Waals surface area contributed by atoms with Gasteiger partial charge in [0, 0.05) is 6.20 Å². The number of pyridine rings is 1. The van der Waals surface area contributed by atoms with Gasteiger partial charge in [0.2, 0.25) is 0 Å². The van der Waals surface area contributed by atoms with Crippen LogP contribution >= 0.6 is 22.6 Å². The van der Waals surface area contributed by atoms with Crippen LogP contribution in [0.3, 0.4) is 0 Å². The molecule has 2 aromatic rings. The topological polar surface area (TPSA) is 41.1 Å². The number of hydrogen-bond donors (Lipinski definition) is 0. The van der Waals surface area contributed by atoms with Gasteiger partial charge in [0.1, 0.15) is 15.4 Å². The molecule has 0 amide bonds. The maximum Gasteiger partial charge on any atom is 0.173 e. The van der Waals surface area contributed by atoms with Gasteiger partial charge in [0.05, 0.1) is 0 Å². The molecule has 2 heterocycles. The summed E-state index contributed by atoms with van der Waals surface area (Å²) in [5.41, 5.74) is 1.31. The van der Waals surface area contributed by atoms with E-state index in [-0.39, 0.29) is 0 Å². The molecule has 0 atom stereocenters. The lowest BCUT2D eigenvalue weighted by Crippen LogP contribution is -1.84. The normalized spacial score (nSPS) is 10.0. The molecule has 0 aliphatic carbocycles. The maximum absolute atomic E-state index is 8.69. The smallest absolute Gasteiger partial charge is 0.173 e. The van der Waals surface area contributed by atoms with Crippen molar-refractivity contribution in [2.75, 3.05) is 0 Å². The third-order valence-corrected chi connectivity index (χ3v) is 2.61. The van der Waals surface area contributed by atoms with Gasteiger partial charge in [0.15, 0.2) is 5.69 Å². The van der Waals surface area contributed by atoms with Crippen molar-refractivity contribution in [3.05, 3.63) is 33.8 Å². The first-order chi connectivity index (χ1) is 5.83. The van der Waals surface area contributed by atoms with Crippen LogP contribution in [0, 0.1) is 15.0 Å². The third kappa shape index (κ3) is 0.975. The molecule has 3 nitrogen and oxygen atoms in total. The van der Waals surface area contributed by atoms with Crippen molar-refractivity contribution in [2.45, 2.75) is 0 Å². The number of halogens is 1. The second-order valence-electron chi connectivity index (χ2n) is 2.29. The van der Waals surface area contributed by atoms with Crippen LogP contribution in [0.2, 0.25) is 0 Å². The molecule has 0 radical (unpaired) electrons. The molecule has 2 rings (SSSR count). The summed E-state index contributed by atoms with van der Waals surface area (Å²) in [6.45, 7) is 0. The van der Waals surface area contributed by atoms with Crippen LogP contribution in [0.15, 0.2) is 24.4 Å². The van der Waals surface area contributed by atoms with Crippen molar-refractivity contribution in [3.63, 3.8) is 0 Å². The van der Waals surface area contributed by atoms with Crippen molar-refractivity contribution >= 4 is 28.2 Å². The molecule has 0 spiro atoms. The monoisotopic (exact) mass is 269 g/mol. The summed E-state index contributed by atoms with van der Waals surface area (Å²) in [5, 5.41) is 8.69. The summed E-state index contributed by atoms with van der Waals surface area (Å²) in [4.78, 5) is 4.13. The van der Waals surface area contributed by atoms with Gasteiger partial charge in [-0.15, -0.1) is 0 Å². The number of nitrogens with zero attached hydrogens (tertiary/aromatic N) is 3. The van der Waals surface area contributed by atoms with Gasteiger partial charge < -0.3 is 0 Å². The van der Waals surface area contributed by atoms with Crippen molar-refractivity contribution in [3.8, 4) is 6.07 Å². The van der Waals surface area contributed by atoms with Crippen LogP contribution in [0.5, 0.6) is 0 Å². The predicted molar refractivity (Wildman–Crippen MR) is 52.6 cm³/mol. The average molecular weight is 269 g/mol. The SMILES string of the molecule is N#Cc1nc2ccccn2c1I. The van der Waals surface area contributed by atoms with E-state index in [2.05, 4.69) is 27.6 Å². The number of nitriles is 1. The summed E-state index contributed by atoms with van der Waals surface area (Å²) < 4.78 is 2.75. The molecular weight excluding hydrogens is 265 g/mol. The fourth-order valence-electron chi connectivity index (χ4n) is 1.04. The Hall–Kier alpha value is -1.09. The molecule has 0 bridgehead atoms. The van der Waals surface area contributed by atoms with E-state index < -0.39 is 0 Å². The lowest BCUT2D eigenvalue weighted by molar-refractivity contribution is 1.15. The minimum absolute atomic E-state index is 0.488. The molecule has 0 aromatic carbocycles. The Morgan fingerprint density at radius 2 is 2.33 bits per heavy atom. The summed E-state index contributed by atoms with van der Waals surface area (Å²) in [5.74, 6) is 0. The van der Waals surface area contributed by atoms with E-state index >= 15 is 0 Å². The first kappa shape index (κ1) is 7.55. The van der Waals surface area contributed by atoms with E-state index in [0.717, 1.165) is 9.35 Å². The second-order valence-corrected chi connectivity index (χ2v) is 3.31. The number of hydrogen-bond acceptors (Lipinski definition) is 2. The molecule has 0 aliphatic heterocycles. The zero-order chi connectivity index (χ0) is 8.55. The Labute approximate surface area is 82.8 Å². The standard InChI is InChI=1S/C8H4IN3/c9-8-6(5-10)11-7-3-1-2-4-12(7)8/h1-4H. The minimum atomic E-state index is 0.488. The fraction of sp³-hybridized carbons (Fsp3) is 0. The molecule has 12 heavy (non-hydrogen) atoms. The fourth-order valence-corrected chi connectivity index (χ4v) is 1.69. The molecule has 58 valence electrons. The molecule has 2 aromatic heterocycles. The van der Waals surface area contributed by atoms with E-state index in [0.29, 0.717) is 5.69 Å². The summed E-state index contributed by atoms with van der Waals surface area (Å²) in [6.07, 6.45) is 1.89. The molecule has 0 unspecified atom stereocenters. The highest BCUT2D eigenvalue weighted by Crippen LogP contribution is 2.13.